The molecule has 2 atom stereocenters. The second kappa shape index (κ2) is 6.45. The Hall–Kier alpha value is -2.30. The van der Waals surface area contributed by atoms with Gasteiger partial charge in [0.2, 0.25) is 5.91 Å². The Kier molecular flexibility index (Phi) is 4.59. The fourth-order valence-electron chi connectivity index (χ4n) is 3.81. The number of nitrogens with one attached hydrogen (secondary N) is 1. The van der Waals surface area contributed by atoms with Gasteiger partial charge in [0, 0.05) is 27.1 Å². The van der Waals surface area contributed by atoms with Crippen molar-refractivity contribution in [2.45, 2.75) is 45.3 Å². The number of carbonyl (C=O) groups excluding carboxylic acids is 2. The van der Waals surface area contributed by atoms with Crippen molar-refractivity contribution in [3.63, 3.8) is 0 Å². The van der Waals surface area contributed by atoms with E-state index in [1.54, 1.807) is 20.1 Å². The summed E-state index contributed by atoms with van der Waals surface area (Å²) in [6.45, 7) is 6.61. The molecule has 2 aliphatic heterocycles. The number of hydrogen-bond acceptors (Lipinski definition) is 6. The number of likely N-dealkylation sites (tertiary alicyclic amines) is 1. The smallest absolute Gasteiger partial charge is 0.246 e. The monoisotopic (exact) mass is 356 g/mol. The Morgan fingerprint density at radius 3 is 2.62 bits per heavy atom. The number of methoxy groups -OCH3 is 1. The topological polar surface area (TPSA) is 95.3 Å². The molecule has 1 N–H and O–H groups in total. The number of Topliss-reactive ketones (excluding diaryl/α,β-unsaturated/α-hetero) is 1. The van der Waals surface area contributed by atoms with Gasteiger partial charge in [-0.15, -0.1) is 0 Å². The maximum absolute atomic E-state index is 12.7. The average molecular weight is 356 g/mol. The number of carbonyl (C=O) groups is 2. The van der Waals surface area contributed by atoms with E-state index < -0.39 is 11.5 Å². The lowest BCUT2D eigenvalue weighted by Crippen LogP contribution is -2.53. The fourth-order valence-corrected chi connectivity index (χ4v) is 3.81. The Morgan fingerprint density at radius 1 is 1.42 bits per heavy atom. The van der Waals surface area contributed by atoms with Gasteiger partial charge in [-0.1, -0.05) is 0 Å². The molecule has 0 radical (unpaired) electrons. The normalized spacial score (nSPS) is 28.0. The van der Waals surface area contributed by atoms with Crippen molar-refractivity contribution in [1.82, 2.24) is 9.88 Å². The van der Waals surface area contributed by atoms with Gasteiger partial charge in [0.05, 0.1) is 29.6 Å². The van der Waals surface area contributed by atoms with Crippen LogP contribution in [0, 0.1) is 16.7 Å². The van der Waals surface area contributed by atoms with Crippen molar-refractivity contribution in [3.8, 4) is 6.07 Å². The van der Waals surface area contributed by atoms with Gasteiger partial charge in [-0.3, -0.25) is 19.5 Å². The first-order valence-electron chi connectivity index (χ1n) is 8.77. The summed E-state index contributed by atoms with van der Waals surface area (Å²) < 4.78 is 5.61. The zero-order chi connectivity index (χ0) is 19.1. The van der Waals surface area contributed by atoms with Crippen LogP contribution in [0.1, 0.15) is 55.7 Å². The number of piperidine rings is 1. The summed E-state index contributed by atoms with van der Waals surface area (Å²) in [6, 6.07) is 3.49. The predicted octanol–water partition coefficient (Wildman–Crippen LogP) is 2.31. The Morgan fingerprint density at radius 2 is 2.08 bits per heavy atom. The van der Waals surface area contributed by atoms with Crippen molar-refractivity contribution in [1.29, 1.82) is 5.26 Å². The second-order valence-electron chi connectivity index (χ2n) is 7.57. The standard InChI is InChI=1S/C19H24N4O3/c1-12(24)14-9-13-15(10-21-14)22-17(25)19(3,11-20)16(13)23-7-5-18(2,26-4)6-8-23/h9-10,16H,5-8H2,1-4H3,(H,22,25). The maximum Gasteiger partial charge on any atom is 0.246 e. The van der Waals surface area contributed by atoms with E-state index in [-0.39, 0.29) is 17.3 Å². The summed E-state index contributed by atoms with van der Waals surface area (Å²) in [5, 5.41) is 12.6. The van der Waals surface area contributed by atoms with Crippen molar-refractivity contribution in [2.24, 2.45) is 5.41 Å². The lowest BCUT2D eigenvalue weighted by atomic mass is 9.74. The lowest BCUT2D eigenvalue weighted by Gasteiger charge is -2.47. The van der Waals surface area contributed by atoms with Crippen LogP contribution in [0.15, 0.2) is 12.3 Å². The summed E-state index contributed by atoms with van der Waals surface area (Å²) in [6.07, 6.45) is 3.13. The molecule has 0 saturated carbocycles. The zero-order valence-corrected chi connectivity index (χ0v) is 15.6. The Labute approximate surface area is 153 Å². The molecule has 0 aliphatic carbocycles. The van der Waals surface area contributed by atoms with Gasteiger partial charge in [0.25, 0.3) is 0 Å². The third-order valence-electron chi connectivity index (χ3n) is 5.80. The molecule has 0 spiro atoms. The SMILES string of the molecule is COC1(C)CCN(C2c3cc(C(C)=O)ncc3NC(=O)C2(C)C#N)CC1. The summed E-state index contributed by atoms with van der Waals surface area (Å²) in [5.74, 6) is -0.484. The summed E-state index contributed by atoms with van der Waals surface area (Å²) in [4.78, 5) is 30.8. The van der Waals surface area contributed by atoms with E-state index in [2.05, 4.69) is 28.2 Å². The van der Waals surface area contributed by atoms with E-state index in [1.165, 1.54) is 13.1 Å². The van der Waals surface area contributed by atoms with E-state index in [4.69, 9.17) is 4.74 Å². The van der Waals surface area contributed by atoms with Crippen LogP contribution in [-0.2, 0) is 9.53 Å². The van der Waals surface area contributed by atoms with Crippen LogP contribution in [0.4, 0.5) is 5.69 Å². The molecule has 3 heterocycles. The molecule has 26 heavy (non-hydrogen) atoms. The van der Waals surface area contributed by atoms with E-state index in [0.29, 0.717) is 24.5 Å². The van der Waals surface area contributed by atoms with Crippen molar-refractivity contribution < 1.29 is 14.3 Å². The first kappa shape index (κ1) is 18.5. The molecular weight excluding hydrogens is 332 g/mol. The van der Waals surface area contributed by atoms with Crippen LogP contribution in [0.5, 0.6) is 0 Å². The van der Waals surface area contributed by atoms with Crippen molar-refractivity contribution >= 4 is 17.4 Å². The molecule has 7 heteroatoms. The van der Waals surface area contributed by atoms with E-state index in [0.717, 1.165) is 18.4 Å². The van der Waals surface area contributed by atoms with E-state index in [9.17, 15) is 14.9 Å². The molecule has 0 bridgehead atoms. The van der Waals surface area contributed by atoms with Gasteiger partial charge >= 0.3 is 0 Å². The van der Waals surface area contributed by atoms with Crippen molar-refractivity contribution in [3.05, 3.63) is 23.5 Å². The number of nitriles is 1. The Balaban J connectivity index is 2.06. The van der Waals surface area contributed by atoms with Crippen LogP contribution in [0.25, 0.3) is 0 Å². The van der Waals surface area contributed by atoms with Crippen LogP contribution in [0.2, 0.25) is 0 Å². The second-order valence-corrected chi connectivity index (χ2v) is 7.57. The molecule has 1 amide bonds. The first-order valence-corrected chi connectivity index (χ1v) is 8.77. The number of aromatic nitrogens is 1. The minimum absolute atomic E-state index is 0.146. The van der Waals surface area contributed by atoms with Gasteiger partial charge in [0.1, 0.15) is 5.69 Å². The molecule has 2 unspecified atom stereocenters. The van der Waals surface area contributed by atoms with Crippen molar-refractivity contribution in [2.75, 3.05) is 25.5 Å². The summed E-state index contributed by atoms with van der Waals surface area (Å²) >= 11 is 0. The summed E-state index contributed by atoms with van der Waals surface area (Å²) in [5.41, 5.74) is 0.238. The van der Waals surface area contributed by atoms with Gasteiger partial charge in [-0.2, -0.15) is 5.26 Å². The number of ketones is 1. The van der Waals surface area contributed by atoms with Crippen LogP contribution < -0.4 is 5.32 Å². The molecule has 3 rings (SSSR count). The highest BCUT2D eigenvalue weighted by atomic mass is 16.5. The zero-order valence-electron chi connectivity index (χ0n) is 15.6. The lowest BCUT2D eigenvalue weighted by molar-refractivity contribution is -0.127. The van der Waals surface area contributed by atoms with E-state index in [1.807, 2.05) is 0 Å². The molecule has 1 fully saturated rings. The highest BCUT2D eigenvalue weighted by molar-refractivity contribution is 6.01. The van der Waals surface area contributed by atoms with E-state index >= 15 is 0 Å². The maximum atomic E-state index is 12.7. The van der Waals surface area contributed by atoms with Gasteiger partial charge < -0.3 is 10.1 Å². The quantitative estimate of drug-likeness (QED) is 0.835. The van der Waals surface area contributed by atoms with Gasteiger partial charge in [0.15, 0.2) is 11.2 Å². The largest absolute Gasteiger partial charge is 0.378 e. The average Bonchev–Trinajstić information content (AvgIpc) is 2.63. The molecule has 1 saturated heterocycles. The Bertz CT molecular complexity index is 792. The van der Waals surface area contributed by atoms with Crippen LogP contribution in [0.3, 0.4) is 0 Å². The minimum Gasteiger partial charge on any atom is -0.378 e. The fraction of sp³-hybridized carbons (Fsp3) is 0.579. The molecular formula is C19H24N4O3. The molecule has 2 aliphatic rings. The predicted molar refractivity (Wildman–Crippen MR) is 95.6 cm³/mol. The molecule has 138 valence electrons. The molecule has 1 aromatic rings. The number of pyridine rings is 1. The third-order valence-corrected chi connectivity index (χ3v) is 5.80. The number of fused-ring (bicyclic) bond motifs is 1. The third kappa shape index (κ3) is 2.89. The number of hydrogen-bond donors (Lipinski definition) is 1. The number of nitrogens with zero attached hydrogens (tertiary/aromatic N) is 3. The highest BCUT2D eigenvalue weighted by Crippen LogP contribution is 2.47. The summed E-state index contributed by atoms with van der Waals surface area (Å²) in [7, 11) is 1.71. The van der Waals surface area contributed by atoms with Gasteiger partial charge in [-0.25, -0.2) is 0 Å². The molecule has 1 aromatic heterocycles. The number of ether oxygens (including phenoxy) is 1. The van der Waals surface area contributed by atoms with Gasteiger partial charge in [-0.05, 0) is 38.3 Å². The van der Waals surface area contributed by atoms with Crippen LogP contribution >= 0.6 is 0 Å². The van der Waals surface area contributed by atoms with Crippen LogP contribution in [-0.4, -0.2) is 47.4 Å². The molecule has 0 aromatic carbocycles. The first-order chi connectivity index (χ1) is 12.2. The highest BCUT2D eigenvalue weighted by Gasteiger charge is 2.51. The number of amides is 1. The minimum atomic E-state index is -1.25. The number of anilines is 1. The molecule has 7 nitrogen and oxygen atoms in total. The number of rotatable bonds is 3.